The van der Waals surface area contributed by atoms with Gasteiger partial charge in [-0.25, -0.2) is 0 Å². The number of hydrogen-bond acceptors (Lipinski definition) is 5. The van der Waals surface area contributed by atoms with Gasteiger partial charge >= 0.3 is 10.2 Å². The normalized spacial score (nSPS) is 11.5. The molecule has 0 aliphatic carbocycles. The second-order valence-electron chi connectivity index (χ2n) is 2.71. The van der Waals surface area contributed by atoms with Gasteiger partial charge in [-0.15, -0.1) is 14.1 Å². The van der Waals surface area contributed by atoms with Gasteiger partial charge in [-0.3, -0.25) is 0 Å². The fourth-order valence-electron chi connectivity index (χ4n) is 1.08. The smallest absolute Gasteiger partial charge is 0.332 e. The van der Waals surface area contributed by atoms with Crippen LogP contribution in [0.5, 0.6) is 0 Å². The lowest BCUT2D eigenvalue weighted by Gasteiger charge is -1.97. The number of hydrogen-bond donors (Lipinski definition) is 0. The fourth-order valence-corrected chi connectivity index (χ4v) is 1.59. The summed E-state index contributed by atoms with van der Waals surface area (Å²) in [5.41, 5.74) is 0.353. The zero-order valence-corrected chi connectivity index (χ0v) is 8.11. The van der Waals surface area contributed by atoms with Gasteiger partial charge in [0.1, 0.15) is 0 Å². The van der Waals surface area contributed by atoms with Crippen LogP contribution in [0.4, 0.5) is 3.89 Å². The minimum absolute atomic E-state index is 0.139. The maximum absolute atomic E-state index is 12.6. The Hall–Kier alpha value is -1.76. The highest BCUT2D eigenvalue weighted by Crippen LogP contribution is 2.21. The number of rotatable bonds is 2. The molecule has 1 aromatic heterocycles. The molecule has 78 valence electrons. The third-order valence-electron chi connectivity index (χ3n) is 1.72. The molecule has 15 heavy (non-hydrogen) atoms. The first-order valence-electron chi connectivity index (χ1n) is 3.88. The van der Waals surface area contributed by atoms with Crippen molar-refractivity contribution in [2.24, 2.45) is 0 Å². The Labute approximate surface area is 84.8 Å². The number of halogens is 1. The van der Waals surface area contributed by atoms with Gasteiger partial charge in [0.2, 0.25) is 12.3 Å². The van der Waals surface area contributed by atoms with E-state index in [2.05, 4.69) is 10.2 Å². The van der Waals surface area contributed by atoms with E-state index in [-0.39, 0.29) is 5.89 Å². The Balaban J connectivity index is 2.53. The predicted molar refractivity (Wildman–Crippen MR) is 48.0 cm³/mol. The van der Waals surface area contributed by atoms with E-state index >= 15 is 0 Å². The molecule has 0 saturated heterocycles. The van der Waals surface area contributed by atoms with E-state index in [4.69, 9.17) is 4.42 Å². The highest BCUT2D eigenvalue weighted by Gasteiger charge is 2.13. The maximum atomic E-state index is 12.6. The Bertz CT molecular complexity index is 565. The first kappa shape index (κ1) is 9.78. The molecule has 0 aliphatic rings. The van der Waals surface area contributed by atoms with Crippen molar-refractivity contribution in [3.63, 3.8) is 0 Å². The summed E-state index contributed by atoms with van der Waals surface area (Å²) in [5, 5.41) is 7.01. The molecule has 2 aromatic rings. The molecule has 5 nitrogen and oxygen atoms in total. The summed E-state index contributed by atoms with van der Waals surface area (Å²) in [6, 6.07) is 5.21. The second-order valence-corrected chi connectivity index (χ2v) is 4.06. The zero-order chi connectivity index (χ0) is 10.9. The van der Waals surface area contributed by atoms with Crippen molar-refractivity contribution in [2.75, 3.05) is 0 Å². The van der Waals surface area contributed by atoms with Gasteiger partial charge in [0, 0.05) is 5.56 Å². The van der Waals surface area contributed by atoms with E-state index in [1.54, 1.807) is 6.07 Å². The zero-order valence-electron chi connectivity index (χ0n) is 7.29. The SMILES string of the molecule is O=S(=O)(F)c1cccc(-c2nnco2)c1. The molecule has 0 spiro atoms. The third kappa shape index (κ3) is 2.01. The van der Waals surface area contributed by atoms with Crippen LogP contribution < -0.4 is 0 Å². The lowest BCUT2D eigenvalue weighted by atomic mass is 10.2. The molecule has 0 amide bonds. The van der Waals surface area contributed by atoms with Crippen molar-refractivity contribution in [2.45, 2.75) is 4.90 Å². The monoisotopic (exact) mass is 228 g/mol. The maximum Gasteiger partial charge on any atom is 0.332 e. The van der Waals surface area contributed by atoms with Crippen molar-refractivity contribution >= 4 is 10.2 Å². The van der Waals surface area contributed by atoms with Crippen LogP contribution in [0, 0.1) is 0 Å². The molecule has 0 radical (unpaired) electrons. The summed E-state index contributed by atoms with van der Waals surface area (Å²) >= 11 is 0. The van der Waals surface area contributed by atoms with Crippen LogP contribution in [0.1, 0.15) is 0 Å². The van der Waals surface area contributed by atoms with Gasteiger partial charge in [0.25, 0.3) is 0 Å². The summed E-state index contributed by atoms with van der Waals surface area (Å²) in [6.07, 6.45) is 1.10. The third-order valence-corrected chi connectivity index (χ3v) is 2.54. The lowest BCUT2D eigenvalue weighted by Crippen LogP contribution is -1.92. The van der Waals surface area contributed by atoms with Crippen molar-refractivity contribution in [1.29, 1.82) is 0 Å². The van der Waals surface area contributed by atoms with E-state index in [0.717, 1.165) is 18.5 Å². The minimum atomic E-state index is -4.71. The van der Waals surface area contributed by atoms with Gasteiger partial charge < -0.3 is 4.42 Å². The van der Waals surface area contributed by atoms with Gasteiger partial charge in [-0.2, -0.15) is 8.42 Å². The van der Waals surface area contributed by atoms with Crippen LogP contribution in [-0.2, 0) is 10.2 Å². The van der Waals surface area contributed by atoms with E-state index in [9.17, 15) is 12.3 Å². The van der Waals surface area contributed by atoms with Crippen LogP contribution in [0.3, 0.4) is 0 Å². The van der Waals surface area contributed by atoms with Gasteiger partial charge in [-0.05, 0) is 18.2 Å². The number of aromatic nitrogens is 2. The minimum Gasteiger partial charge on any atom is -0.423 e. The van der Waals surface area contributed by atoms with E-state index in [0.29, 0.717) is 5.56 Å². The van der Waals surface area contributed by atoms with E-state index in [1.165, 1.54) is 6.07 Å². The number of benzene rings is 1. The summed E-state index contributed by atoms with van der Waals surface area (Å²) < 4.78 is 38.7. The fraction of sp³-hybridized carbons (Fsp3) is 0. The summed E-state index contributed by atoms with van der Waals surface area (Å²) in [4.78, 5) is -0.432. The Kier molecular flexibility index (Phi) is 2.24. The Morgan fingerprint density at radius 3 is 2.73 bits per heavy atom. The van der Waals surface area contributed by atoms with Gasteiger partial charge in [0.05, 0.1) is 4.90 Å². The van der Waals surface area contributed by atoms with Gasteiger partial charge in [0.15, 0.2) is 0 Å². The molecular formula is C8H5FN2O3S. The molecule has 0 aliphatic heterocycles. The first-order valence-corrected chi connectivity index (χ1v) is 5.27. The van der Waals surface area contributed by atoms with Crippen molar-refractivity contribution < 1.29 is 16.7 Å². The Morgan fingerprint density at radius 2 is 2.13 bits per heavy atom. The molecular weight excluding hydrogens is 223 g/mol. The van der Waals surface area contributed by atoms with Crippen molar-refractivity contribution in [3.8, 4) is 11.5 Å². The van der Waals surface area contributed by atoms with E-state index in [1.807, 2.05) is 0 Å². The quantitative estimate of drug-likeness (QED) is 0.726. The Morgan fingerprint density at radius 1 is 1.33 bits per heavy atom. The molecule has 7 heteroatoms. The molecule has 1 heterocycles. The van der Waals surface area contributed by atoms with Crippen molar-refractivity contribution in [1.82, 2.24) is 10.2 Å². The lowest BCUT2D eigenvalue weighted by molar-refractivity contribution is 0.552. The van der Waals surface area contributed by atoms with Crippen LogP contribution in [0.2, 0.25) is 0 Å². The van der Waals surface area contributed by atoms with E-state index < -0.39 is 15.1 Å². The molecule has 2 rings (SSSR count). The largest absolute Gasteiger partial charge is 0.423 e. The second kappa shape index (κ2) is 3.43. The highest BCUT2D eigenvalue weighted by atomic mass is 32.3. The van der Waals surface area contributed by atoms with Crippen molar-refractivity contribution in [3.05, 3.63) is 30.7 Å². The first-order chi connectivity index (χ1) is 7.07. The van der Waals surface area contributed by atoms with Crippen LogP contribution >= 0.6 is 0 Å². The summed E-state index contributed by atoms with van der Waals surface area (Å²) in [5.74, 6) is 0.139. The molecule has 1 aromatic carbocycles. The highest BCUT2D eigenvalue weighted by molar-refractivity contribution is 7.86. The van der Waals surface area contributed by atoms with Crippen LogP contribution in [0.25, 0.3) is 11.5 Å². The molecule has 0 N–H and O–H groups in total. The summed E-state index contributed by atoms with van der Waals surface area (Å²) in [6.45, 7) is 0. The predicted octanol–water partition coefficient (Wildman–Crippen LogP) is 1.39. The topological polar surface area (TPSA) is 73.1 Å². The average Bonchev–Trinajstić information content (AvgIpc) is 2.69. The van der Waals surface area contributed by atoms with Crippen LogP contribution in [0.15, 0.2) is 40.0 Å². The van der Waals surface area contributed by atoms with Crippen LogP contribution in [-0.4, -0.2) is 18.6 Å². The standard InChI is InChI=1S/C8H5FN2O3S/c9-15(12,13)7-3-1-2-6(4-7)8-11-10-5-14-8/h1-5H. The molecule has 0 bridgehead atoms. The molecule has 0 fully saturated rings. The summed E-state index contributed by atoms with van der Waals surface area (Å²) in [7, 11) is -4.71. The van der Waals surface area contributed by atoms with Gasteiger partial charge in [-0.1, -0.05) is 6.07 Å². The average molecular weight is 228 g/mol. The molecule has 0 atom stereocenters. The molecule has 0 saturated carbocycles. The molecule has 0 unspecified atom stereocenters. The number of nitrogens with zero attached hydrogens (tertiary/aromatic N) is 2.